The van der Waals surface area contributed by atoms with Crippen LogP contribution in [-0.4, -0.2) is 12.1 Å². The fraction of sp³-hybridized carbons (Fsp3) is 0.381. The molecule has 2 aliphatic rings. The van der Waals surface area contributed by atoms with Gasteiger partial charge in [0.15, 0.2) is 0 Å². The standard InChI is InChI=1S/C21H21FO3/c22-18-10-4-8-16-14-25-20(23)21(19(16)18)11-5-9-17(12-21)24-13-15-6-2-1-3-7-15/h1-4,6-8,10,17H,5,9,11-14H2. The Bertz CT molecular complexity index is 774. The van der Waals surface area contributed by atoms with Crippen LogP contribution in [0.3, 0.4) is 0 Å². The first-order valence-corrected chi connectivity index (χ1v) is 8.80. The lowest BCUT2D eigenvalue weighted by Gasteiger charge is -2.42. The lowest BCUT2D eigenvalue weighted by atomic mass is 9.66. The van der Waals surface area contributed by atoms with E-state index in [9.17, 15) is 9.18 Å². The highest BCUT2D eigenvalue weighted by Crippen LogP contribution is 2.46. The summed E-state index contributed by atoms with van der Waals surface area (Å²) in [6.45, 7) is 0.657. The van der Waals surface area contributed by atoms with Crippen molar-refractivity contribution in [1.82, 2.24) is 0 Å². The molecule has 0 radical (unpaired) electrons. The molecule has 1 aliphatic heterocycles. The molecule has 0 aromatic heterocycles. The van der Waals surface area contributed by atoms with Crippen molar-refractivity contribution in [3.63, 3.8) is 0 Å². The maximum absolute atomic E-state index is 14.6. The monoisotopic (exact) mass is 340 g/mol. The van der Waals surface area contributed by atoms with Crippen LogP contribution < -0.4 is 0 Å². The van der Waals surface area contributed by atoms with Crippen LogP contribution in [0.15, 0.2) is 48.5 Å². The predicted molar refractivity (Wildman–Crippen MR) is 91.4 cm³/mol. The van der Waals surface area contributed by atoms with Gasteiger partial charge in [0, 0.05) is 5.56 Å². The Morgan fingerprint density at radius 3 is 2.84 bits per heavy atom. The summed E-state index contributed by atoms with van der Waals surface area (Å²) >= 11 is 0. The minimum absolute atomic E-state index is 0.0768. The summed E-state index contributed by atoms with van der Waals surface area (Å²) in [5.41, 5.74) is 1.50. The van der Waals surface area contributed by atoms with Crippen molar-refractivity contribution in [3.05, 3.63) is 71.0 Å². The summed E-state index contributed by atoms with van der Waals surface area (Å²) in [6, 6.07) is 14.9. The van der Waals surface area contributed by atoms with Gasteiger partial charge < -0.3 is 9.47 Å². The average molecular weight is 340 g/mol. The molecule has 0 amide bonds. The smallest absolute Gasteiger partial charge is 0.317 e. The van der Waals surface area contributed by atoms with Crippen molar-refractivity contribution in [2.45, 2.75) is 50.4 Å². The van der Waals surface area contributed by atoms with Crippen LogP contribution in [0, 0.1) is 5.82 Å². The average Bonchev–Trinajstić information content (AvgIpc) is 2.64. The summed E-state index contributed by atoms with van der Waals surface area (Å²) in [4.78, 5) is 12.7. The second-order valence-corrected chi connectivity index (χ2v) is 6.95. The van der Waals surface area contributed by atoms with E-state index in [1.807, 2.05) is 36.4 Å². The maximum Gasteiger partial charge on any atom is 0.317 e. The van der Waals surface area contributed by atoms with Crippen molar-refractivity contribution in [1.29, 1.82) is 0 Å². The number of hydrogen-bond donors (Lipinski definition) is 0. The maximum atomic E-state index is 14.6. The first kappa shape index (κ1) is 16.3. The molecular formula is C21H21FO3. The number of cyclic esters (lactones) is 1. The Hall–Kier alpha value is -2.20. The van der Waals surface area contributed by atoms with Gasteiger partial charge in [0.1, 0.15) is 12.4 Å². The fourth-order valence-electron chi connectivity index (χ4n) is 4.18. The molecular weight excluding hydrogens is 319 g/mol. The SMILES string of the molecule is O=C1OCc2cccc(F)c2C12CCCC(OCc1ccccc1)C2. The van der Waals surface area contributed by atoms with E-state index in [0.717, 1.165) is 24.0 Å². The van der Waals surface area contributed by atoms with Gasteiger partial charge in [-0.2, -0.15) is 0 Å². The molecule has 3 nitrogen and oxygen atoms in total. The zero-order valence-corrected chi connectivity index (χ0v) is 14.0. The lowest BCUT2D eigenvalue weighted by Crippen LogP contribution is -2.47. The molecule has 25 heavy (non-hydrogen) atoms. The van der Waals surface area contributed by atoms with Crippen LogP contribution in [0.1, 0.15) is 42.4 Å². The van der Waals surface area contributed by atoms with Crippen LogP contribution >= 0.6 is 0 Å². The zero-order chi connectivity index (χ0) is 17.3. The van der Waals surface area contributed by atoms with Crippen LogP contribution in [0.5, 0.6) is 0 Å². The molecule has 1 fully saturated rings. The van der Waals surface area contributed by atoms with E-state index in [0.29, 0.717) is 25.0 Å². The van der Waals surface area contributed by atoms with Crippen molar-refractivity contribution in [2.75, 3.05) is 0 Å². The summed E-state index contributed by atoms with van der Waals surface area (Å²) in [6.07, 6.45) is 2.72. The molecule has 0 bridgehead atoms. The number of carbonyl (C=O) groups is 1. The highest BCUT2D eigenvalue weighted by Gasteiger charge is 2.50. The number of halogens is 1. The van der Waals surface area contributed by atoms with Crippen molar-refractivity contribution >= 4 is 5.97 Å². The molecule has 2 aromatic rings. The van der Waals surface area contributed by atoms with Gasteiger partial charge in [-0.05, 0) is 42.9 Å². The summed E-state index contributed by atoms with van der Waals surface area (Å²) < 4.78 is 26.1. The third-order valence-electron chi connectivity index (χ3n) is 5.36. The minimum Gasteiger partial charge on any atom is -0.460 e. The van der Waals surface area contributed by atoms with E-state index in [1.54, 1.807) is 6.07 Å². The molecule has 1 heterocycles. The molecule has 0 saturated heterocycles. The van der Waals surface area contributed by atoms with E-state index < -0.39 is 5.41 Å². The Morgan fingerprint density at radius 2 is 2.00 bits per heavy atom. The third-order valence-corrected chi connectivity index (χ3v) is 5.36. The van der Waals surface area contributed by atoms with Gasteiger partial charge in [0.25, 0.3) is 0 Å². The highest BCUT2D eigenvalue weighted by atomic mass is 19.1. The van der Waals surface area contributed by atoms with Gasteiger partial charge >= 0.3 is 5.97 Å². The second kappa shape index (κ2) is 6.60. The molecule has 2 atom stereocenters. The van der Waals surface area contributed by atoms with Gasteiger partial charge in [0.2, 0.25) is 0 Å². The van der Waals surface area contributed by atoms with Crippen LogP contribution in [0.25, 0.3) is 0 Å². The number of carbonyl (C=O) groups excluding carboxylic acids is 1. The topological polar surface area (TPSA) is 35.5 Å². The van der Waals surface area contributed by atoms with E-state index in [4.69, 9.17) is 9.47 Å². The third kappa shape index (κ3) is 2.95. The second-order valence-electron chi connectivity index (χ2n) is 6.95. The Kier molecular flexibility index (Phi) is 4.30. The number of benzene rings is 2. The van der Waals surface area contributed by atoms with E-state index in [1.165, 1.54) is 6.07 Å². The summed E-state index contributed by atoms with van der Waals surface area (Å²) in [5, 5.41) is 0. The molecule has 1 spiro atoms. The van der Waals surface area contributed by atoms with E-state index >= 15 is 0 Å². The minimum atomic E-state index is -0.904. The molecule has 2 unspecified atom stereocenters. The Balaban J connectivity index is 1.59. The van der Waals surface area contributed by atoms with E-state index in [2.05, 4.69) is 0 Å². The van der Waals surface area contributed by atoms with Gasteiger partial charge in [0.05, 0.1) is 18.1 Å². The predicted octanol–water partition coefficient (Wildman–Crippen LogP) is 4.28. The fourth-order valence-corrected chi connectivity index (χ4v) is 4.18. The normalized spacial score (nSPS) is 25.5. The largest absolute Gasteiger partial charge is 0.460 e. The van der Waals surface area contributed by atoms with E-state index in [-0.39, 0.29) is 24.5 Å². The highest BCUT2D eigenvalue weighted by molar-refractivity contribution is 5.85. The number of ether oxygens (including phenoxy) is 2. The molecule has 2 aromatic carbocycles. The first-order valence-electron chi connectivity index (χ1n) is 8.80. The first-order chi connectivity index (χ1) is 12.2. The van der Waals surface area contributed by atoms with Gasteiger partial charge in [-0.15, -0.1) is 0 Å². The molecule has 1 aliphatic carbocycles. The Labute approximate surface area is 146 Å². The zero-order valence-electron chi connectivity index (χ0n) is 14.0. The lowest BCUT2D eigenvalue weighted by molar-refractivity contribution is -0.159. The summed E-state index contributed by atoms with van der Waals surface area (Å²) in [7, 11) is 0. The van der Waals surface area contributed by atoms with Gasteiger partial charge in [-0.25, -0.2) is 4.39 Å². The quantitative estimate of drug-likeness (QED) is 0.783. The Morgan fingerprint density at radius 1 is 1.16 bits per heavy atom. The molecule has 0 N–H and O–H groups in total. The number of esters is 1. The number of fused-ring (bicyclic) bond motifs is 2. The van der Waals surface area contributed by atoms with Crippen molar-refractivity contribution in [3.8, 4) is 0 Å². The summed E-state index contributed by atoms with van der Waals surface area (Å²) in [5.74, 6) is -0.615. The molecule has 4 heteroatoms. The van der Waals surface area contributed by atoms with Gasteiger partial charge in [-0.3, -0.25) is 4.79 Å². The van der Waals surface area contributed by atoms with Crippen molar-refractivity contribution in [2.24, 2.45) is 0 Å². The molecule has 4 rings (SSSR count). The van der Waals surface area contributed by atoms with Crippen LogP contribution in [-0.2, 0) is 32.9 Å². The molecule has 1 saturated carbocycles. The van der Waals surface area contributed by atoms with Crippen molar-refractivity contribution < 1.29 is 18.7 Å². The molecule has 130 valence electrons. The van der Waals surface area contributed by atoms with Crippen LogP contribution in [0.4, 0.5) is 4.39 Å². The number of rotatable bonds is 3. The number of hydrogen-bond acceptors (Lipinski definition) is 3. The van der Waals surface area contributed by atoms with Crippen LogP contribution in [0.2, 0.25) is 0 Å². The van der Waals surface area contributed by atoms with Gasteiger partial charge in [-0.1, -0.05) is 42.5 Å².